The van der Waals surface area contributed by atoms with E-state index < -0.39 is 0 Å². The van der Waals surface area contributed by atoms with E-state index in [1.54, 1.807) is 19.4 Å². The first-order valence-corrected chi connectivity index (χ1v) is 6.66. The zero-order chi connectivity index (χ0) is 14.5. The van der Waals surface area contributed by atoms with Crippen molar-refractivity contribution < 1.29 is 9.53 Å². The third-order valence-corrected chi connectivity index (χ3v) is 3.07. The average Bonchev–Trinajstić information content (AvgIpc) is 2.79. The molecule has 2 rings (SSSR count). The van der Waals surface area contributed by atoms with Gasteiger partial charge in [-0.25, -0.2) is 4.98 Å². The lowest BCUT2D eigenvalue weighted by molar-refractivity contribution is -0.117. The third kappa shape index (κ3) is 3.44. The number of ether oxygens (including phenoxy) is 1. The first-order chi connectivity index (χ1) is 9.62. The van der Waals surface area contributed by atoms with Crippen molar-refractivity contribution in [1.29, 1.82) is 0 Å². The second-order valence-corrected chi connectivity index (χ2v) is 4.69. The highest BCUT2D eigenvalue weighted by Gasteiger charge is 2.10. The molecule has 2 aromatic heterocycles. The highest BCUT2D eigenvalue weighted by Crippen LogP contribution is 2.10. The van der Waals surface area contributed by atoms with Crippen LogP contribution in [-0.2, 0) is 24.2 Å². The van der Waals surface area contributed by atoms with Gasteiger partial charge in [0.05, 0.1) is 12.8 Å². The number of Topliss-reactive ketones (excluding diaryl/α,β-unsaturated/α-hetero) is 1. The predicted octanol–water partition coefficient (Wildman–Crippen LogP) is 1.97. The molecule has 0 atom stereocenters. The van der Waals surface area contributed by atoms with Crippen LogP contribution in [0.1, 0.15) is 23.9 Å². The molecule has 0 aliphatic rings. The number of aryl methyl sites for hydroxylation is 2. The first-order valence-electron chi connectivity index (χ1n) is 6.66. The Kier molecular flexibility index (Phi) is 4.50. The maximum Gasteiger partial charge on any atom is 0.212 e. The molecule has 2 heterocycles. The van der Waals surface area contributed by atoms with Crippen molar-refractivity contribution in [3.63, 3.8) is 0 Å². The van der Waals surface area contributed by atoms with Gasteiger partial charge in [0, 0.05) is 37.3 Å². The summed E-state index contributed by atoms with van der Waals surface area (Å²) in [5.41, 5.74) is 2.81. The third-order valence-electron chi connectivity index (χ3n) is 3.07. The van der Waals surface area contributed by atoms with Gasteiger partial charge in [0.15, 0.2) is 0 Å². The Hall–Kier alpha value is -2.17. The molecule has 0 bridgehead atoms. The standard InChI is InChI=1S/C15H19N3O2/c1-4-18-13(7-11(2)17-18)9-14(19)8-12-5-6-15(20-3)16-10-12/h5-7,10H,4,8-9H2,1-3H3. The summed E-state index contributed by atoms with van der Waals surface area (Å²) in [4.78, 5) is 16.2. The van der Waals surface area contributed by atoms with E-state index in [4.69, 9.17) is 4.74 Å². The topological polar surface area (TPSA) is 57.0 Å². The highest BCUT2D eigenvalue weighted by atomic mass is 16.5. The van der Waals surface area contributed by atoms with Crippen LogP contribution in [-0.4, -0.2) is 27.7 Å². The minimum Gasteiger partial charge on any atom is -0.481 e. The zero-order valence-electron chi connectivity index (χ0n) is 12.1. The van der Waals surface area contributed by atoms with Gasteiger partial charge >= 0.3 is 0 Å². The Bertz CT molecular complexity index is 588. The van der Waals surface area contributed by atoms with Crippen molar-refractivity contribution in [2.24, 2.45) is 0 Å². The van der Waals surface area contributed by atoms with Gasteiger partial charge in [-0.1, -0.05) is 6.07 Å². The van der Waals surface area contributed by atoms with Gasteiger partial charge in [-0.05, 0) is 25.5 Å². The van der Waals surface area contributed by atoms with E-state index >= 15 is 0 Å². The van der Waals surface area contributed by atoms with Crippen molar-refractivity contribution in [3.8, 4) is 5.88 Å². The Morgan fingerprint density at radius 2 is 2.15 bits per heavy atom. The number of nitrogens with zero attached hydrogens (tertiary/aromatic N) is 3. The number of hydrogen-bond acceptors (Lipinski definition) is 4. The van der Waals surface area contributed by atoms with Crippen LogP contribution in [0.15, 0.2) is 24.4 Å². The fourth-order valence-corrected chi connectivity index (χ4v) is 2.14. The molecule has 0 unspecified atom stereocenters. The van der Waals surface area contributed by atoms with Gasteiger partial charge in [-0.15, -0.1) is 0 Å². The highest BCUT2D eigenvalue weighted by molar-refractivity contribution is 5.82. The SMILES string of the molecule is CCn1nc(C)cc1CC(=O)Cc1ccc(OC)nc1. The van der Waals surface area contributed by atoms with Crippen LogP contribution < -0.4 is 4.74 Å². The molecule has 5 nitrogen and oxygen atoms in total. The molecule has 0 aromatic carbocycles. The Morgan fingerprint density at radius 3 is 2.75 bits per heavy atom. The second-order valence-electron chi connectivity index (χ2n) is 4.69. The minimum absolute atomic E-state index is 0.159. The van der Waals surface area contributed by atoms with Crippen LogP contribution in [0.2, 0.25) is 0 Å². The Balaban J connectivity index is 2.00. The average molecular weight is 273 g/mol. The summed E-state index contributed by atoms with van der Waals surface area (Å²) >= 11 is 0. The molecule has 0 aliphatic carbocycles. The lowest BCUT2D eigenvalue weighted by Crippen LogP contribution is -2.11. The number of carbonyl (C=O) groups is 1. The molecule has 5 heteroatoms. The molecule has 0 aliphatic heterocycles. The molecule has 0 N–H and O–H groups in total. The quantitative estimate of drug-likeness (QED) is 0.807. The molecule has 0 spiro atoms. The molecule has 0 amide bonds. The summed E-state index contributed by atoms with van der Waals surface area (Å²) < 4.78 is 6.87. The molecule has 0 radical (unpaired) electrons. The summed E-state index contributed by atoms with van der Waals surface area (Å²) in [6.07, 6.45) is 2.46. The maximum atomic E-state index is 12.1. The minimum atomic E-state index is 0.159. The summed E-state index contributed by atoms with van der Waals surface area (Å²) in [6, 6.07) is 5.60. The molecule has 0 saturated carbocycles. The van der Waals surface area contributed by atoms with Crippen LogP contribution in [0.4, 0.5) is 0 Å². The van der Waals surface area contributed by atoms with E-state index in [2.05, 4.69) is 10.1 Å². The van der Waals surface area contributed by atoms with Gasteiger partial charge in [0.1, 0.15) is 5.78 Å². The van der Waals surface area contributed by atoms with Crippen LogP contribution in [0.3, 0.4) is 0 Å². The van der Waals surface area contributed by atoms with E-state index in [0.717, 1.165) is 23.5 Å². The number of rotatable bonds is 6. The number of pyridine rings is 1. The summed E-state index contributed by atoms with van der Waals surface area (Å²) in [5.74, 6) is 0.715. The Labute approximate surface area is 118 Å². The summed E-state index contributed by atoms with van der Waals surface area (Å²) in [7, 11) is 1.57. The van der Waals surface area contributed by atoms with Crippen molar-refractivity contribution in [1.82, 2.24) is 14.8 Å². The summed E-state index contributed by atoms with van der Waals surface area (Å²) in [6.45, 7) is 4.74. The van der Waals surface area contributed by atoms with Crippen LogP contribution in [0, 0.1) is 6.92 Å². The summed E-state index contributed by atoms with van der Waals surface area (Å²) in [5, 5.41) is 4.35. The lowest BCUT2D eigenvalue weighted by atomic mass is 10.1. The van der Waals surface area contributed by atoms with E-state index in [9.17, 15) is 4.79 Å². The van der Waals surface area contributed by atoms with E-state index in [-0.39, 0.29) is 5.78 Å². The number of aromatic nitrogens is 3. The molecular formula is C15H19N3O2. The fraction of sp³-hybridized carbons (Fsp3) is 0.400. The fourth-order valence-electron chi connectivity index (χ4n) is 2.14. The first kappa shape index (κ1) is 14.2. The number of hydrogen-bond donors (Lipinski definition) is 0. The van der Waals surface area contributed by atoms with Crippen molar-refractivity contribution in [2.75, 3.05) is 7.11 Å². The molecule has 20 heavy (non-hydrogen) atoms. The van der Waals surface area contributed by atoms with E-state index in [0.29, 0.717) is 18.7 Å². The second kappa shape index (κ2) is 6.32. The molecule has 2 aromatic rings. The van der Waals surface area contributed by atoms with Gasteiger partial charge in [0.2, 0.25) is 5.88 Å². The largest absolute Gasteiger partial charge is 0.481 e. The Morgan fingerprint density at radius 1 is 1.35 bits per heavy atom. The zero-order valence-corrected chi connectivity index (χ0v) is 12.1. The van der Waals surface area contributed by atoms with Gasteiger partial charge in [0.25, 0.3) is 0 Å². The number of ketones is 1. The van der Waals surface area contributed by atoms with Crippen molar-refractivity contribution >= 4 is 5.78 Å². The molecular weight excluding hydrogens is 254 g/mol. The van der Waals surface area contributed by atoms with Crippen LogP contribution in [0.5, 0.6) is 5.88 Å². The van der Waals surface area contributed by atoms with Gasteiger partial charge in [-0.2, -0.15) is 5.10 Å². The van der Waals surface area contributed by atoms with Crippen molar-refractivity contribution in [3.05, 3.63) is 41.3 Å². The normalized spacial score (nSPS) is 10.6. The monoisotopic (exact) mass is 273 g/mol. The van der Waals surface area contributed by atoms with Crippen molar-refractivity contribution in [2.45, 2.75) is 33.2 Å². The van der Waals surface area contributed by atoms with Crippen LogP contribution >= 0.6 is 0 Å². The van der Waals surface area contributed by atoms with Gasteiger partial charge in [-0.3, -0.25) is 9.48 Å². The van der Waals surface area contributed by atoms with E-state index in [1.807, 2.05) is 30.7 Å². The van der Waals surface area contributed by atoms with E-state index in [1.165, 1.54) is 0 Å². The lowest BCUT2D eigenvalue weighted by Gasteiger charge is -2.05. The smallest absolute Gasteiger partial charge is 0.212 e. The number of methoxy groups -OCH3 is 1. The molecule has 106 valence electrons. The predicted molar refractivity (Wildman–Crippen MR) is 75.8 cm³/mol. The van der Waals surface area contributed by atoms with Crippen LogP contribution in [0.25, 0.3) is 0 Å². The molecule has 0 saturated heterocycles. The number of carbonyl (C=O) groups excluding carboxylic acids is 1. The van der Waals surface area contributed by atoms with Gasteiger partial charge < -0.3 is 4.74 Å². The molecule has 0 fully saturated rings. The maximum absolute atomic E-state index is 12.1.